The first-order valence-corrected chi connectivity index (χ1v) is 12.6. The van der Waals surface area contributed by atoms with Gasteiger partial charge in [-0.05, 0) is 79.9 Å². The van der Waals surface area contributed by atoms with E-state index in [1.54, 1.807) is 5.32 Å². The molecule has 1 amide bonds. The molecule has 0 aliphatic heterocycles. The van der Waals surface area contributed by atoms with Crippen molar-refractivity contribution in [2.75, 3.05) is 7.11 Å². The number of methoxy groups -OCH3 is 1. The number of nitrogens with zero attached hydrogens (tertiary/aromatic N) is 3. The molecule has 2 N–H and O–H groups in total. The minimum atomic E-state index is -5.18. The molecule has 1 unspecified atom stereocenters. The fraction of sp³-hybridized carbons (Fsp3) is 0.208. The number of carbonyl (C=O) groups excluding carboxylic acids is 2. The lowest BCUT2D eigenvalue weighted by Gasteiger charge is -2.19. The van der Waals surface area contributed by atoms with Gasteiger partial charge >= 0.3 is 18.1 Å². The quantitative estimate of drug-likeness (QED) is 0.293. The van der Waals surface area contributed by atoms with Gasteiger partial charge < -0.3 is 19.9 Å². The molecule has 3 aromatic rings. The number of esters is 1. The van der Waals surface area contributed by atoms with Crippen LogP contribution in [0.25, 0.3) is 0 Å². The molecule has 0 radical (unpaired) electrons. The van der Waals surface area contributed by atoms with Crippen LogP contribution in [0.2, 0.25) is 5.15 Å². The van der Waals surface area contributed by atoms with Gasteiger partial charge in [0.25, 0.3) is 0 Å². The van der Waals surface area contributed by atoms with Gasteiger partial charge in [-0.3, -0.25) is 4.79 Å². The van der Waals surface area contributed by atoms with Crippen LogP contribution in [0.1, 0.15) is 22.7 Å². The zero-order chi connectivity index (χ0) is 28.9. The zero-order valence-corrected chi connectivity index (χ0v) is 23.5. The molecule has 2 aromatic carbocycles. The largest absolute Gasteiger partial charge is 0.508 e. The van der Waals surface area contributed by atoms with Crippen LogP contribution in [0.15, 0.2) is 51.4 Å². The summed E-state index contributed by atoms with van der Waals surface area (Å²) in [7, 11) is 0.986. The Bertz CT molecular complexity index is 1410. The third kappa shape index (κ3) is 7.59. The standard InChI is InChI=1S/C24H16Br2ClF3N4O5/c1-38-22(36)18(32-23(37)24(28,29)30)8-11-6-15(25)21(16(26)7-11)39-12-2-4-19(35)13(9-12)14(10-31)17-3-5-20(27)34-33-17/h2-7,9,14,18,35H,8H2,1H3,(H,32,37)/t14?,18-/m0/s1. The van der Waals surface area contributed by atoms with Gasteiger partial charge in [-0.2, -0.15) is 23.5 Å². The fourth-order valence-corrected chi connectivity index (χ4v) is 4.90. The number of ether oxygens (including phenoxy) is 2. The number of nitrogens with one attached hydrogen (secondary N) is 1. The normalized spacial score (nSPS) is 12.7. The number of aromatic nitrogens is 2. The summed E-state index contributed by atoms with van der Waals surface area (Å²) in [5, 5.41) is 29.5. The highest BCUT2D eigenvalue weighted by molar-refractivity contribution is 9.11. The molecule has 1 heterocycles. The van der Waals surface area contributed by atoms with Crippen LogP contribution in [-0.2, 0) is 20.7 Å². The zero-order valence-electron chi connectivity index (χ0n) is 19.6. The van der Waals surface area contributed by atoms with E-state index in [1.807, 2.05) is 0 Å². The molecule has 3 rings (SSSR count). The van der Waals surface area contributed by atoms with Gasteiger partial charge in [-0.15, -0.1) is 5.10 Å². The van der Waals surface area contributed by atoms with Crippen molar-refractivity contribution in [1.29, 1.82) is 5.26 Å². The second-order valence-corrected chi connectivity index (χ2v) is 9.90. The van der Waals surface area contributed by atoms with E-state index in [9.17, 15) is 33.1 Å². The van der Waals surface area contributed by atoms with Crippen molar-refractivity contribution in [3.8, 4) is 23.3 Å². The van der Waals surface area contributed by atoms with Gasteiger partial charge in [0.2, 0.25) is 0 Å². The number of phenols is 1. The average Bonchev–Trinajstić information content (AvgIpc) is 2.87. The van der Waals surface area contributed by atoms with E-state index in [2.05, 4.69) is 52.9 Å². The van der Waals surface area contributed by atoms with Crippen molar-refractivity contribution in [2.45, 2.75) is 24.6 Å². The van der Waals surface area contributed by atoms with Crippen LogP contribution >= 0.6 is 43.5 Å². The second kappa shape index (κ2) is 12.6. The topological polar surface area (TPSA) is 134 Å². The maximum atomic E-state index is 12.7. The fourth-order valence-electron chi connectivity index (χ4n) is 3.36. The lowest BCUT2D eigenvalue weighted by molar-refractivity contribution is -0.175. The molecule has 0 saturated heterocycles. The minimum Gasteiger partial charge on any atom is -0.508 e. The number of halogens is 6. The van der Waals surface area contributed by atoms with Gasteiger partial charge in [-0.25, -0.2) is 4.79 Å². The molecule has 9 nitrogen and oxygen atoms in total. The van der Waals surface area contributed by atoms with Crippen LogP contribution in [0.4, 0.5) is 13.2 Å². The Morgan fingerprint density at radius 1 is 1.15 bits per heavy atom. The lowest BCUT2D eigenvalue weighted by Crippen LogP contribution is -2.48. The summed E-state index contributed by atoms with van der Waals surface area (Å²) in [4.78, 5) is 23.4. The highest BCUT2D eigenvalue weighted by Gasteiger charge is 2.41. The van der Waals surface area contributed by atoms with E-state index in [0.29, 0.717) is 14.5 Å². The Balaban J connectivity index is 1.87. The Hall–Kier alpha value is -3.41. The van der Waals surface area contributed by atoms with Crippen molar-refractivity contribution < 1.29 is 37.3 Å². The first kappa shape index (κ1) is 30.1. The highest BCUT2D eigenvalue weighted by atomic mass is 79.9. The summed E-state index contributed by atoms with van der Waals surface area (Å²) in [6, 6.07) is 10.6. The summed E-state index contributed by atoms with van der Waals surface area (Å²) in [6.45, 7) is 0. The monoisotopic (exact) mass is 690 g/mol. The first-order chi connectivity index (χ1) is 18.3. The predicted octanol–water partition coefficient (Wildman–Crippen LogP) is 5.57. The number of carbonyl (C=O) groups is 2. The maximum absolute atomic E-state index is 12.7. The van der Waals surface area contributed by atoms with Crippen LogP contribution in [0.3, 0.4) is 0 Å². The summed E-state index contributed by atoms with van der Waals surface area (Å²) in [5.41, 5.74) is 0.798. The molecule has 15 heteroatoms. The highest BCUT2D eigenvalue weighted by Crippen LogP contribution is 2.40. The number of benzene rings is 2. The number of nitriles is 1. The maximum Gasteiger partial charge on any atom is 0.471 e. The second-order valence-electron chi connectivity index (χ2n) is 7.81. The van der Waals surface area contributed by atoms with E-state index in [-0.39, 0.29) is 40.1 Å². The van der Waals surface area contributed by atoms with E-state index in [1.165, 1.54) is 42.5 Å². The van der Waals surface area contributed by atoms with E-state index >= 15 is 0 Å². The molecule has 2 atom stereocenters. The van der Waals surface area contributed by atoms with Crippen molar-refractivity contribution in [3.05, 3.63) is 73.4 Å². The summed E-state index contributed by atoms with van der Waals surface area (Å²) >= 11 is 12.4. The molecule has 0 fully saturated rings. The number of rotatable bonds is 8. The summed E-state index contributed by atoms with van der Waals surface area (Å²) in [5.74, 6) is -4.05. The average molecular weight is 693 g/mol. The van der Waals surface area contributed by atoms with Crippen molar-refractivity contribution in [3.63, 3.8) is 0 Å². The number of aromatic hydroxyl groups is 1. The third-order valence-electron chi connectivity index (χ3n) is 5.15. The molecule has 0 bridgehead atoms. The smallest absolute Gasteiger partial charge is 0.471 e. The number of hydrogen-bond acceptors (Lipinski definition) is 8. The third-order valence-corrected chi connectivity index (χ3v) is 6.53. The van der Waals surface area contributed by atoms with E-state index in [0.717, 1.165) is 7.11 Å². The van der Waals surface area contributed by atoms with Crippen LogP contribution in [0.5, 0.6) is 17.2 Å². The lowest BCUT2D eigenvalue weighted by atomic mass is 9.96. The van der Waals surface area contributed by atoms with E-state index in [4.69, 9.17) is 16.3 Å². The van der Waals surface area contributed by atoms with E-state index < -0.39 is 30.0 Å². The molecule has 0 aliphatic rings. The molecular weight excluding hydrogens is 677 g/mol. The van der Waals surface area contributed by atoms with Crippen LogP contribution < -0.4 is 10.1 Å². The molecule has 1 aromatic heterocycles. The summed E-state index contributed by atoms with van der Waals surface area (Å²) in [6.07, 6.45) is -5.50. The number of alkyl halides is 3. The van der Waals surface area contributed by atoms with Crippen molar-refractivity contribution >= 4 is 55.3 Å². The Kier molecular flexibility index (Phi) is 9.76. The van der Waals surface area contributed by atoms with Gasteiger partial charge in [0.15, 0.2) is 10.9 Å². The molecule has 204 valence electrons. The number of hydrogen-bond donors (Lipinski definition) is 2. The summed E-state index contributed by atoms with van der Waals surface area (Å²) < 4.78 is 49.2. The van der Waals surface area contributed by atoms with Crippen LogP contribution in [-0.4, -0.2) is 46.5 Å². The molecular formula is C24H16Br2ClF3N4O5. The Morgan fingerprint density at radius 2 is 1.82 bits per heavy atom. The number of phenolic OH excluding ortho intramolecular Hbond substituents is 1. The number of amides is 1. The minimum absolute atomic E-state index is 0.135. The molecule has 0 saturated carbocycles. The molecule has 0 aliphatic carbocycles. The first-order valence-electron chi connectivity index (χ1n) is 10.7. The van der Waals surface area contributed by atoms with Crippen molar-refractivity contribution in [1.82, 2.24) is 15.5 Å². The van der Waals surface area contributed by atoms with Crippen molar-refractivity contribution in [2.24, 2.45) is 0 Å². The van der Waals surface area contributed by atoms with Gasteiger partial charge in [0.05, 0.1) is 27.8 Å². The molecule has 39 heavy (non-hydrogen) atoms. The molecule has 0 spiro atoms. The van der Waals surface area contributed by atoms with Gasteiger partial charge in [0, 0.05) is 12.0 Å². The van der Waals surface area contributed by atoms with Crippen LogP contribution in [0, 0.1) is 11.3 Å². The van der Waals surface area contributed by atoms with Gasteiger partial charge in [-0.1, -0.05) is 11.6 Å². The Morgan fingerprint density at radius 3 is 2.36 bits per heavy atom. The van der Waals surface area contributed by atoms with Gasteiger partial charge in [0.1, 0.15) is 23.5 Å². The Labute approximate surface area is 241 Å². The SMILES string of the molecule is COC(=O)[C@H](Cc1cc(Br)c(Oc2ccc(O)c(C(C#N)c3ccc(Cl)nn3)c2)c(Br)c1)NC(=O)C(F)(F)F. The predicted molar refractivity (Wildman–Crippen MR) is 138 cm³/mol.